The Balaban J connectivity index is 1.90. The van der Waals surface area contributed by atoms with Gasteiger partial charge in [-0.2, -0.15) is 0 Å². The van der Waals surface area contributed by atoms with Crippen molar-refractivity contribution in [2.45, 2.75) is 6.61 Å². The minimum atomic E-state index is -0.445. The van der Waals surface area contributed by atoms with Gasteiger partial charge in [0.15, 0.2) is 0 Å². The Hall–Kier alpha value is -1.84. The Morgan fingerprint density at radius 2 is 1.95 bits per heavy atom. The van der Waals surface area contributed by atoms with Gasteiger partial charge in [0.1, 0.15) is 11.8 Å². The van der Waals surface area contributed by atoms with Gasteiger partial charge in [-0.1, -0.05) is 41.4 Å². The molecule has 0 unspecified atom stereocenters. The van der Waals surface area contributed by atoms with Gasteiger partial charge in [-0.25, -0.2) is 9.78 Å². The van der Waals surface area contributed by atoms with Crippen LogP contribution in [0.15, 0.2) is 48.7 Å². The topological polar surface area (TPSA) is 39.2 Å². The molecule has 3 nitrogen and oxygen atoms in total. The molecule has 0 bridgehead atoms. The Morgan fingerprint density at radius 1 is 1.20 bits per heavy atom. The standard InChI is InChI=1S/C15H11Cl2NO2/c16-13-6-3-11(4-7-13)5-8-14(19)20-10-12-2-1-9-18-15(12)17/h1-9H,10H2/b8-5+. The van der Waals surface area contributed by atoms with Gasteiger partial charge in [0.25, 0.3) is 0 Å². The second kappa shape index (κ2) is 7.08. The number of benzene rings is 1. The van der Waals surface area contributed by atoms with Gasteiger partial charge >= 0.3 is 5.97 Å². The first-order valence-corrected chi connectivity index (χ1v) is 6.60. The molecular weight excluding hydrogens is 297 g/mol. The Labute approximate surface area is 126 Å². The highest BCUT2D eigenvalue weighted by Crippen LogP contribution is 2.13. The molecule has 2 aromatic rings. The van der Waals surface area contributed by atoms with Crippen LogP contribution in [-0.2, 0) is 16.1 Å². The Kier molecular flexibility index (Phi) is 5.16. The molecule has 0 N–H and O–H groups in total. The van der Waals surface area contributed by atoms with E-state index < -0.39 is 5.97 Å². The summed E-state index contributed by atoms with van der Waals surface area (Å²) >= 11 is 11.6. The molecule has 0 radical (unpaired) electrons. The lowest BCUT2D eigenvalue weighted by Crippen LogP contribution is -2.01. The lowest BCUT2D eigenvalue weighted by Gasteiger charge is -2.03. The fourth-order valence-electron chi connectivity index (χ4n) is 1.46. The number of hydrogen-bond acceptors (Lipinski definition) is 3. The molecule has 0 aliphatic heterocycles. The molecule has 0 saturated carbocycles. The van der Waals surface area contributed by atoms with Crippen molar-refractivity contribution in [1.82, 2.24) is 4.98 Å². The van der Waals surface area contributed by atoms with Gasteiger partial charge < -0.3 is 4.74 Å². The zero-order valence-electron chi connectivity index (χ0n) is 10.4. The van der Waals surface area contributed by atoms with Crippen molar-refractivity contribution in [1.29, 1.82) is 0 Å². The highest BCUT2D eigenvalue weighted by molar-refractivity contribution is 6.30. The van der Waals surface area contributed by atoms with Crippen LogP contribution in [0.4, 0.5) is 0 Å². The minimum Gasteiger partial charge on any atom is -0.458 e. The van der Waals surface area contributed by atoms with Crippen LogP contribution in [0.2, 0.25) is 10.2 Å². The van der Waals surface area contributed by atoms with Gasteiger partial charge in [-0.3, -0.25) is 0 Å². The zero-order valence-corrected chi connectivity index (χ0v) is 11.9. The number of rotatable bonds is 4. The number of pyridine rings is 1. The number of carbonyl (C=O) groups is 1. The number of nitrogens with zero attached hydrogens (tertiary/aromatic N) is 1. The van der Waals surface area contributed by atoms with Crippen LogP contribution >= 0.6 is 23.2 Å². The van der Waals surface area contributed by atoms with Crippen molar-refractivity contribution in [3.8, 4) is 0 Å². The van der Waals surface area contributed by atoms with Crippen LogP contribution in [0.3, 0.4) is 0 Å². The largest absolute Gasteiger partial charge is 0.458 e. The average molecular weight is 308 g/mol. The van der Waals surface area contributed by atoms with Crippen molar-refractivity contribution >= 4 is 35.2 Å². The fraction of sp³-hybridized carbons (Fsp3) is 0.0667. The van der Waals surface area contributed by atoms with Crippen LogP contribution in [0.5, 0.6) is 0 Å². The van der Waals surface area contributed by atoms with E-state index in [4.69, 9.17) is 27.9 Å². The van der Waals surface area contributed by atoms with E-state index in [2.05, 4.69) is 4.98 Å². The van der Waals surface area contributed by atoms with Crippen molar-refractivity contribution in [2.24, 2.45) is 0 Å². The maximum absolute atomic E-state index is 11.6. The summed E-state index contributed by atoms with van der Waals surface area (Å²) in [7, 11) is 0. The third-order valence-corrected chi connectivity index (χ3v) is 3.08. The predicted molar refractivity (Wildman–Crippen MR) is 79.5 cm³/mol. The summed E-state index contributed by atoms with van der Waals surface area (Å²) in [6.45, 7) is 0.0937. The maximum atomic E-state index is 11.6. The second-order valence-corrected chi connectivity index (χ2v) is 4.74. The average Bonchev–Trinajstić information content (AvgIpc) is 2.46. The van der Waals surface area contributed by atoms with E-state index in [0.29, 0.717) is 15.7 Å². The number of ether oxygens (including phenoxy) is 1. The third-order valence-electron chi connectivity index (χ3n) is 2.49. The van der Waals surface area contributed by atoms with Crippen molar-refractivity contribution < 1.29 is 9.53 Å². The van der Waals surface area contributed by atoms with E-state index >= 15 is 0 Å². The van der Waals surface area contributed by atoms with Crippen LogP contribution < -0.4 is 0 Å². The molecule has 102 valence electrons. The molecule has 2 rings (SSSR count). The molecule has 20 heavy (non-hydrogen) atoms. The number of halogens is 2. The summed E-state index contributed by atoms with van der Waals surface area (Å²) < 4.78 is 5.08. The lowest BCUT2D eigenvalue weighted by molar-refractivity contribution is -0.138. The van der Waals surface area contributed by atoms with Crippen LogP contribution in [-0.4, -0.2) is 11.0 Å². The first kappa shape index (κ1) is 14.6. The summed E-state index contributed by atoms with van der Waals surface area (Å²) in [5, 5.41) is 0.984. The Morgan fingerprint density at radius 3 is 2.65 bits per heavy atom. The van der Waals surface area contributed by atoms with E-state index in [-0.39, 0.29) is 6.61 Å². The minimum absolute atomic E-state index is 0.0937. The molecular formula is C15H11Cl2NO2. The number of carbonyl (C=O) groups excluding carboxylic acids is 1. The zero-order chi connectivity index (χ0) is 14.4. The first-order valence-electron chi connectivity index (χ1n) is 5.85. The summed E-state index contributed by atoms with van der Waals surface area (Å²) in [4.78, 5) is 15.5. The van der Waals surface area contributed by atoms with Gasteiger partial charge in [0, 0.05) is 22.9 Å². The van der Waals surface area contributed by atoms with Crippen molar-refractivity contribution in [3.63, 3.8) is 0 Å². The second-order valence-electron chi connectivity index (χ2n) is 3.95. The molecule has 0 spiro atoms. The molecule has 1 aromatic carbocycles. The number of hydrogen-bond donors (Lipinski definition) is 0. The van der Waals surface area contributed by atoms with Gasteiger partial charge in [-0.15, -0.1) is 0 Å². The summed E-state index contributed by atoms with van der Waals surface area (Å²) in [6, 6.07) is 10.6. The smallest absolute Gasteiger partial charge is 0.331 e. The highest BCUT2D eigenvalue weighted by atomic mass is 35.5. The quantitative estimate of drug-likeness (QED) is 0.484. The molecule has 0 aliphatic carbocycles. The number of aromatic nitrogens is 1. The highest BCUT2D eigenvalue weighted by Gasteiger charge is 2.03. The summed E-state index contributed by atoms with van der Waals surface area (Å²) in [6.07, 6.45) is 4.59. The molecule has 0 aliphatic rings. The molecule has 0 amide bonds. The lowest BCUT2D eigenvalue weighted by atomic mass is 10.2. The van der Waals surface area contributed by atoms with E-state index in [1.165, 1.54) is 6.08 Å². The predicted octanol–water partition coefficient (Wildman–Crippen LogP) is 4.15. The van der Waals surface area contributed by atoms with Crippen molar-refractivity contribution in [3.05, 3.63) is 70.0 Å². The fourth-order valence-corrected chi connectivity index (χ4v) is 1.76. The SMILES string of the molecule is O=C(/C=C/c1ccc(Cl)cc1)OCc1cccnc1Cl. The van der Waals surface area contributed by atoms with Gasteiger partial charge in [-0.05, 0) is 29.8 Å². The summed E-state index contributed by atoms with van der Waals surface area (Å²) in [5.41, 5.74) is 1.54. The normalized spacial score (nSPS) is 10.7. The molecule has 1 heterocycles. The van der Waals surface area contributed by atoms with E-state index in [0.717, 1.165) is 5.56 Å². The third kappa shape index (κ3) is 4.37. The summed E-state index contributed by atoms with van der Waals surface area (Å²) in [5.74, 6) is -0.445. The van der Waals surface area contributed by atoms with Crippen LogP contribution in [0.25, 0.3) is 6.08 Å². The molecule has 0 saturated heterocycles. The monoisotopic (exact) mass is 307 g/mol. The van der Waals surface area contributed by atoms with E-state index in [9.17, 15) is 4.79 Å². The molecule has 1 aromatic heterocycles. The molecule has 5 heteroatoms. The van der Waals surface area contributed by atoms with Gasteiger partial charge in [0.05, 0.1) is 0 Å². The Bertz CT molecular complexity index is 624. The number of esters is 1. The van der Waals surface area contributed by atoms with Crippen LogP contribution in [0, 0.1) is 0 Å². The van der Waals surface area contributed by atoms with Gasteiger partial charge in [0.2, 0.25) is 0 Å². The molecule has 0 fully saturated rings. The molecule has 0 atom stereocenters. The van der Waals surface area contributed by atoms with Crippen molar-refractivity contribution in [2.75, 3.05) is 0 Å². The van der Waals surface area contributed by atoms with Crippen LogP contribution in [0.1, 0.15) is 11.1 Å². The maximum Gasteiger partial charge on any atom is 0.331 e. The first-order chi connectivity index (χ1) is 9.65. The van der Waals surface area contributed by atoms with E-state index in [1.54, 1.807) is 36.5 Å². The van der Waals surface area contributed by atoms with E-state index in [1.807, 2.05) is 12.1 Å².